The van der Waals surface area contributed by atoms with Crippen molar-refractivity contribution in [1.82, 2.24) is 0 Å². The third-order valence-corrected chi connectivity index (χ3v) is 6.97. The lowest BCUT2D eigenvalue weighted by Gasteiger charge is -2.58. The average molecular weight is 260 g/mol. The number of rotatable bonds is 1. The second-order valence-corrected chi connectivity index (χ2v) is 8.15. The van der Waals surface area contributed by atoms with E-state index in [0.717, 1.165) is 11.8 Å². The van der Waals surface area contributed by atoms with Gasteiger partial charge in [0.15, 0.2) is 0 Å². The quantitative estimate of drug-likeness (QED) is 0.498. The molecule has 0 aromatic carbocycles. The van der Waals surface area contributed by atoms with E-state index in [1.54, 1.807) is 0 Å². The van der Waals surface area contributed by atoms with Gasteiger partial charge in [0.05, 0.1) is 0 Å². The van der Waals surface area contributed by atoms with E-state index < -0.39 is 0 Å². The van der Waals surface area contributed by atoms with Crippen LogP contribution in [-0.4, -0.2) is 0 Å². The van der Waals surface area contributed by atoms with Gasteiger partial charge in [-0.15, -0.1) is 0 Å². The first-order valence-corrected chi connectivity index (χ1v) is 8.79. The van der Waals surface area contributed by atoms with Crippen molar-refractivity contribution in [3.8, 4) is 0 Å². The van der Waals surface area contributed by atoms with Crippen molar-refractivity contribution in [2.75, 3.05) is 0 Å². The molecular weight excluding hydrogens is 228 g/mol. The first-order valence-electron chi connectivity index (χ1n) is 8.79. The van der Waals surface area contributed by atoms with Gasteiger partial charge in [0.2, 0.25) is 0 Å². The Morgan fingerprint density at radius 2 is 1.95 bits per heavy atom. The zero-order valence-corrected chi connectivity index (χ0v) is 13.3. The molecule has 3 rings (SSSR count). The van der Waals surface area contributed by atoms with Crippen LogP contribution in [0.1, 0.15) is 85.0 Å². The van der Waals surface area contributed by atoms with Gasteiger partial charge in [0, 0.05) is 0 Å². The zero-order chi connectivity index (χ0) is 13.5. The second kappa shape index (κ2) is 4.93. The van der Waals surface area contributed by atoms with Crippen molar-refractivity contribution >= 4 is 0 Å². The number of fused-ring (bicyclic) bond motifs is 3. The fraction of sp³-hybridized carbons (Fsp3) is 0.895. The van der Waals surface area contributed by atoms with Gasteiger partial charge in [-0.2, -0.15) is 0 Å². The van der Waals surface area contributed by atoms with Gasteiger partial charge in [-0.3, -0.25) is 0 Å². The molecule has 0 spiro atoms. The van der Waals surface area contributed by atoms with Crippen LogP contribution in [0, 0.1) is 22.7 Å². The molecule has 0 saturated heterocycles. The minimum absolute atomic E-state index is 0.572. The van der Waals surface area contributed by atoms with Gasteiger partial charge in [-0.05, 0) is 67.6 Å². The van der Waals surface area contributed by atoms with Crippen LogP contribution in [0.5, 0.6) is 0 Å². The molecule has 0 amide bonds. The maximum absolute atomic E-state index is 2.68. The summed E-state index contributed by atoms with van der Waals surface area (Å²) in [4.78, 5) is 0. The summed E-state index contributed by atoms with van der Waals surface area (Å²) in [5.41, 5.74) is 3.10. The molecule has 3 aliphatic rings. The predicted octanol–water partition coefficient (Wildman–Crippen LogP) is 6.12. The van der Waals surface area contributed by atoms with E-state index >= 15 is 0 Å². The van der Waals surface area contributed by atoms with Crippen LogP contribution in [0.2, 0.25) is 0 Å². The molecule has 0 N–H and O–H groups in total. The summed E-state index contributed by atoms with van der Waals surface area (Å²) in [5, 5.41) is 0. The van der Waals surface area contributed by atoms with Gasteiger partial charge in [0.1, 0.15) is 0 Å². The summed E-state index contributed by atoms with van der Waals surface area (Å²) in [6.45, 7) is 7.59. The van der Waals surface area contributed by atoms with Crippen molar-refractivity contribution in [3.63, 3.8) is 0 Å². The van der Waals surface area contributed by atoms with E-state index in [2.05, 4.69) is 26.8 Å². The number of hydrogen-bond acceptors (Lipinski definition) is 0. The number of hydrogen-bond donors (Lipinski definition) is 0. The monoisotopic (exact) mass is 260 g/mol. The Morgan fingerprint density at radius 3 is 2.74 bits per heavy atom. The maximum Gasteiger partial charge on any atom is -0.0144 e. The normalized spacial score (nSPS) is 41.7. The molecule has 3 unspecified atom stereocenters. The summed E-state index contributed by atoms with van der Waals surface area (Å²) in [6.07, 6.45) is 17.2. The van der Waals surface area contributed by atoms with E-state index in [9.17, 15) is 0 Å². The molecule has 2 fully saturated rings. The molecule has 3 atom stereocenters. The fourth-order valence-electron chi connectivity index (χ4n) is 6.02. The lowest BCUT2D eigenvalue weighted by Crippen LogP contribution is -2.50. The predicted molar refractivity (Wildman–Crippen MR) is 83.1 cm³/mol. The first-order chi connectivity index (χ1) is 9.10. The van der Waals surface area contributed by atoms with Crippen LogP contribution in [0.3, 0.4) is 0 Å². The SMILES string of the molecule is CCC12CCCC(C)(C)C1CC=C1CCCCCC12. The van der Waals surface area contributed by atoms with Crippen LogP contribution >= 0.6 is 0 Å². The van der Waals surface area contributed by atoms with E-state index in [1.165, 1.54) is 64.2 Å². The Labute approximate surface area is 120 Å². The third-order valence-electron chi connectivity index (χ3n) is 6.97. The topological polar surface area (TPSA) is 0 Å². The molecule has 0 aliphatic heterocycles. The van der Waals surface area contributed by atoms with Crippen molar-refractivity contribution in [2.24, 2.45) is 22.7 Å². The Balaban J connectivity index is 2.00. The van der Waals surface area contributed by atoms with Gasteiger partial charge >= 0.3 is 0 Å². The Hall–Kier alpha value is -0.260. The minimum atomic E-state index is 0.572. The largest absolute Gasteiger partial charge is 0.0847 e. The Bertz CT molecular complexity index is 362. The molecule has 0 aromatic rings. The highest BCUT2D eigenvalue weighted by Crippen LogP contribution is 2.63. The molecule has 3 aliphatic carbocycles. The molecule has 2 saturated carbocycles. The van der Waals surface area contributed by atoms with E-state index in [-0.39, 0.29) is 0 Å². The van der Waals surface area contributed by atoms with Gasteiger partial charge < -0.3 is 0 Å². The summed E-state index contributed by atoms with van der Waals surface area (Å²) in [7, 11) is 0. The van der Waals surface area contributed by atoms with E-state index in [4.69, 9.17) is 0 Å². The molecule has 108 valence electrons. The lowest BCUT2D eigenvalue weighted by atomic mass is 9.46. The van der Waals surface area contributed by atoms with Gasteiger partial charge in [-0.25, -0.2) is 0 Å². The van der Waals surface area contributed by atoms with Gasteiger partial charge in [-0.1, -0.05) is 51.7 Å². The van der Waals surface area contributed by atoms with Gasteiger partial charge in [0.25, 0.3) is 0 Å². The summed E-state index contributed by atoms with van der Waals surface area (Å²) in [6, 6.07) is 0. The van der Waals surface area contributed by atoms with E-state index in [0.29, 0.717) is 10.8 Å². The number of allylic oxidation sites excluding steroid dienone is 2. The molecule has 0 bridgehead atoms. The highest BCUT2D eigenvalue weighted by molar-refractivity contribution is 5.21. The minimum Gasteiger partial charge on any atom is -0.0847 e. The molecule has 19 heavy (non-hydrogen) atoms. The molecule has 0 aromatic heterocycles. The molecule has 0 nitrogen and oxygen atoms in total. The zero-order valence-electron chi connectivity index (χ0n) is 13.3. The highest BCUT2D eigenvalue weighted by atomic mass is 14.6. The van der Waals surface area contributed by atoms with Crippen molar-refractivity contribution in [2.45, 2.75) is 85.0 Å². The molecule has 0 radical (unpaired) electrons. The second-order valence-electron chi connectivity index (χ2n) is 8.15. The Morgan fingerprint density at radius 1 is 1.11 bits per heavy atom. The van der Waals surface area contributed by atoms with Crippen molar-refractivity contribution < 1.29 is 0 Å². The lowest BCUT2D eigenvalue weighted by molar-refractivity contribution is -0.0561. The van der Waals surface area contributed by atoms with Crippen LogP contribution < -0.4 is 0 Å². The van der Waals surface area contributed by atoms with Crippen LogP contribution in [0.4, 0.5) is 0 Å². The van der Waals surface area contributed by atoms with Crippen LogP contribution in [0.25, 0.3) is 0 Å². The summed E-state index contributed by atoms with van der Waals surface area (Å²) >= 11 is 0. The Kier molecular flexibility index (Phi) is 3.56. The standard InChI is InChI=1S/C19H32/c1-4-19-14-8-13-18(2,3)17(19)12-11-15-9-6-5-7-10-16(15)19/h11,16-17H,4-10,12-14H2,1-3H3. The van der Waals surface area contributed by atoms with Crippen molar-refractivity contribution in [1.29, 1.82) is 0 Å². The molecular formula is C19H32. The van der Waals surface area contributed by atoms with Crippen molar-refractivity contribution in [3.05, 3.63) is 11.6 Å². The smallest absolute Gasteiger partial charge is 0.0144 e. The van der Waals surface area contributed by atoms with E-state index in [1.807, 2.05) is 5.57 Å². The maximum atomic E-state index is 2.68. The molecule has 0 heteroatoms. The highest BCUT2D eigenvalue weighted by Gasteiger charge is 2.53. The molecule has 0 heterocycles. The third kappa shape index (κ3) is 2.10. The summed E-state index contributed by atoms with van der Waals surface area (Å²) in [5.74, 6) is 1.89. The van der Waals surface area contributed by atoms with Crippen LogP contribution in [-0.2, 0) is 0 Å². The fourth-order valence-corrected chi connectivity index (χ4v) is 6.02. The summed E-state index contributed by atoms with van der Waals surface area (Å²) < 4.78 is 0. The average Bonchev–Trinajstić information content (AvgIpc) is 2.63. The first kappa shape index (κ1) is 13.7. The van der Waals surface area contributed by atoms with Crippen LogP contribution in [0.15, 0.2) is 11.6 Å².